The van der Waals surface area contributed by atoms with E-state index in [-0.39, 0.29) is 18.0 Å². The van der Waals surface area contributed by atoms with Crippen molar-refractivity contribution in [2.24, 2.45) is 0 Å². The maximum absolute atomic E-state index is 12.7. The number of benzene rings is 1. The van der Waals surface area contributed by atoms with Crippen LogP contribution in [0.4, 0.5) is 0 Å². The Morgan fingerprint density at radius 2 is 1.86 bits per heavy atom. The first-order valence-corrected chi connectivity index (χ1v) is 8.59. The highest BCUT2D eigenvalue weighted by atomic mass is 32.2. The lowest BCUT2D eigenvalue weighted by molar-refractivity contribution is 0.145. The molecule has 1 N–H and O–H groups in total. The van der Waals surface area contributed by atoms with Crippen molar-refractivity contribution in [2.75, 3.05) is 13.1 Å². The Bertz CT molecular complexity index is 572. The summed E-state index contributed by atoms with van der Waals surface area (Å²) in [6.07, 6.45) is 1.72. The fourth-order valence-electron chi connectivity index (χ4n) is 1.78. The first-order chi connectivity index (χ1) is 9.77. The van der Waals surface area contributed by atoms with E-state index in [2.05, 4.69) is 0 Å². The topological polar surface area (TPSA) is 57.6 Å². The Morgan fingerprint density at radius 1 is 1.29 bits per heavy atom. The third-order valence-corrected chi connectivity index (χ3v) is 5.09. The van der Waals surface area contributed by atoms with Gasteiger partial charge >= 0.3 is 0 Å². The Labute approximate surface area is 128 Å². The van der Waals surface area contributed by atoms with E-state index in [0.29, 0.717) is 6.42 Å². The van der Waals surface area contributed by atoms with Gasteiger partial charge in [-0.15, -0.1) is 0 Å². The Balaban J connectivity index is 3.09. The summed E-state index contributed by atoms with van der Waals surface area (Å²) in [6, 6.07) is 6.78. The van der Waals surface area contributed by atoms with Crippen molar-refractivity contribution in [3.05, 3.63) is 41.5 Å². The van der Waals surface area contributed by atoms with E-state index >= 15 is 0 Å². The van der Waals surface area contributed by atoms with Gasteiger partial charge in [-0.3, -0.25) is 0 Å². The summed E-state index contributed by atoms with van der Waals surface area (Å²) in [4.78, 5) is 0.263. The summed E-state index contributed by atoms with van der Waals surface area (Å²) < 4.78 is 26.7. The van der Waals surface area contributed by atoms with Gasteiger partial charge in [0.1, 0.15) is 0 Å². The quantitative estimate of drug-likeness (QED) is 0.788. The summed E-state index contributed by atoms with van der Waals surface area (Å²) in [6.45, 7) is 7.98. The Kier molecular flexibility index (Phi) is 6.58. The molecular formula is C16H25NO3S. The van der Waals surface area contributed by atoms with Crippen LogP contribution < -0.4 is 0 Å². The molecule has 0 radical (unpaired) electrons. The monoisotopic (exact) mass is 311 g/mol. The van der Waals surface area contributed by atoms with Crippen molar-refractivity contribution in [2.45, 2.75) is 45.1 Å². The highest BCUT2D eigenvalue weighted by Gasteiger charge is 2.25. The van der Waals surface area contributed by atoms with Gasteiger partial charge in [0.25, 0.3) is 0 Å². The molecule has 1 atom stereocenters. The van der Waals surface area contributed by atoms with Gasteiger partial charge in [-0.25, -0.2) is 8.42 Å². The average Bonchev–Trinajstić information content (AvgIpc) is 2.43. The molecule has 0 aliphatic rings. The number of sulfonamides is 1. The number of hydrogen-bond acceptors (Lipinski definition) is 3. The highest BCUT2D eigenvalue weighted by Crippen LogP contribution is 2.17. The van der Waals surface area contributed by atoms with Gasteiger partial charge in [-0.2, -0.15) is 4.31 Å². The standard InChI is InChI=1S/C16H25NO3S/c1-5-15(18)12-17(11-10-13(2)3)21(19,20)16-8-6-14(4)7-9-16/h6-10,15,18H,5,11-12H2,1-4H3. The third kappa shape index (κ3) is 5.26. The molecule has 118 valence electrons. The van der Waals surface area contributed by atoms with Gasteiger partial charge in [-0.1, -0.05) is 36.3 Å². The van der Waals surface area contributed by atoms with E-state index in [1.807, 2.05) is 33.8 Å². The van der Waals surface area contributed by atoms with E-state index in [1.165, 1.54) is 4.31 Å². The van der Waals surface area contributed by atoms with Crippen molar-refractivity contribution in [1.82, 2.24) is 4.31 Å². The minimum absolute atomic E-state index is 0.108. The molecule has 4 nitrogen and oxygen atoms in total. The summed E-state index contributed by atoms with van der Waals surface area (Å²) in [5.41, 5.74) is 2.06. The van der Waals surface area contributed by atoms with Crippen molar-refractivity contribution in [3.63, 3.8) is 0 Å². The van der Waals surface area contributed by atoms with Gasteiger partial charge in [0.05, 0.1) is 11.0 Å². The van der Waals surface area contributed by atoms with Crippen molar-refractivity contribution < 1.29 is 13.5 Å². The summed E-state index contributed by atoms with van der Waals surface area (Å²) in [7, 11) is -3.59. The molecule has 1 aromatic carbocycles. The molecule has 0 saturated heterocycles. The molecule has 0 aliphatic carbocycles. The SMILES string of the molecule is CCC(O)CN(CC=C(C)C)S(=O)(=O)c1ccc(C)cc1. The van der Waals surface area contributed by atoms with Crippen LogP contribution in [0.1, 0.15) is 32.8 Å². The first kappa shape index (κ1) is 17.9. The van der Waals surface area contributed by atoms with E-state index in [1.54, 1.807) is 24.3 Å². The summed E-state index contributed by atoms with van der Waals surface area (Å²) in [5, 5.41) is 9.82. The third-order valence-electron chi connectivity index (χ3n) is 3.25. The zero-order valence-corrected chi connectivity index (χ0v) is 14.0. The van der Waals surface area contributed by atoms with Crippen molar-refractivity contribution >= 4 is 10.0 Å². The van der Waals surface area contributed by atoms with Gasteiger partial charge in [0.2, 0.25) is 10.0 Å². The van der Waals surface area contributed by atoms with Gasteiger partial charge in [0.15, 0.2) is 0 Å². The lowest BCUT2D eigenvalue weighted by Gasteiger charge is -2.23. The van der Waals surface area contributed by atoms with Crippen LogP contribution in [0.2, 0.25) is 0 Å². The maximum atomic E-state index is 12.7. The molecule has 0 saturated carbocycles. The number of rotatable bonds is 7. The number of aliphatic hydroxyl groups is 1. The predicted molar refractivity (Wildman–Crippen MR) is 85.7 cm³/mol. The van der Waals surface area contributed by atoms with Gasteiger partial charge in [-0.05, 0) is 39.3 Å². The number of nitrogens with zero attached hydrogens (tertiary/aromatic N) is 1. The van der Waals surface area contributed by atoms with E-state index < -0.39 is 16.1 Å². The molecule has 0 amide bonds. The normalized spacial score (nSPS) is 13.2. The summed E-state index contributed by atoms with van der Waals surface area (Å²) in [5.74, 6) is 0. The van der Waals surface area contributed by atoms with Crippen LogP contribution in [0.5, 0.6) is 0 Å². The lowest BCUT2D eigenvalue weighted by Crippen LogP contribution is -2.37. The van der Waals surface area contributed by atoms with Gasteiger partial charge in [0, 0.05) is 13.1 Å². The molecule has 1 rings (SSSR count). The van der Waals surface area contributed by atoms with E-state index in [9.17, 15) is 13.5 Å². The van der Waals surface area contributed by atoms with Crippen LogP contribution in [0.3, 0.4) is 0 Å². The van der Waals surface area contributed by atoms with Crippen molar-refractivity contribution in [1.29, 1.82) is 0 Å². The predicted octanol–water partition coefficient (Wildman–Crippen LogP) is 2.72. The van der Waals surface area contributed by atoms with Crippen molar-refractivity contribution in [3.8, 4) is 0 Å². The highest BCUT2D eigenvalue weighted by molar-refractivity contribution is 7.89. The first-order valence-electron chi connectivity index (χ1n) is 7.15. The molecule has 0 heterocycles. The molecule has 21 heavy (non-hydrogen) atoms. The lowest BCUT2D eigenvalue weighted by atomic mass is 10.2. The van der Waals surface area contributed by atoms with E-state index in [4.69, 9.17) is 0 Å². The number of aliphatic hydroxyl groups excluding tert-OH is 1. The maximum Gasteiger partial charge on any atom is 0.243 e. The smallest absolute Gasteiger partial charge is 0.243 e. The van der Waals surface area contributed by atoms with Gasteiger partial charge < -0.3 is 5.11 Å². The molecular weight excluding hydrogens is 286 g/mol. The zero-order chi connectivity index (χ0) is 16.0. The minimum atomic E-state index is -3.59. The van der Waals surface area contributed by atoms with Crippen LogP contribution in [-0.4, -0.2) is 37.0 Å². The summed E-state index contributed by atoms with van der Waals surface area (Å²) >= 11 is 0. The van der Waals surface area contributed by atoms with Crippen LogP contribution >= 0.6 is 0 Å². The Hall–Kier alpha value is -1.17. The number of allylic oxidation sites excluding steroid dienone is 1. The van der Waals surface area contributed by atoms with E-state index in [0.717, 1.165) is 11.1 Å². The second-order valence-electron chi connectivity index (χ2n) is 5.48. The largest absolute Gasteiger partial charge is 0.392 e. The average molecular weight is 311 g/mol. The molecule has 1 unspecified atom stereocenters. The number of hydrogen-bond donors (Lipinski definition) is 1. The minimum Gasteiger partial charge on any atom is -0.392 e. The molecule has 0 spiro atoms. The molecule has 0 bridgehead atoms. The van der Waals surface area contributed by atoms with Crippen LogP contribution in [-0.2, 0) is 10.0 Å². The molecule has 1 aromatic rings. The van der Waals surface area contributed by atoms with Crippen LogP contribution in [0, 0.1) is 6.92 Å². The zero-order valence-electron chi connectivity index (χ0n) is 13.2. The fourth-order valence-corrected chi connectivity index (χ4v) is 3.20. The molecule has 0 aliphatic heterocycles. The molecule has 0 fully saturated rings. The Morgan fingerprint density at radius 3 is 2.33 bits per heavy atom. The second kappa shape index (κ2) is 7.73. The van der Waals surface area contributed by atoms with Crippen LogP contribution in [0.15, 0.2) is 40.8 Å². The van der Waals surface area contributed by atoms with Crippen LogP contribution in [0.25, 0.3) is 0 Å². The molecule has 5 heteroatoms. The molecule has 0 aromatic heterocycles. The fraction of sp³-hybridized carbons (Fsp3) is 0.500. The second-order valence-corrected chi connectivity index (χ2v) is 7.42. The number of aryl methyl sites for hydroxylation is 1.